The Bertz CT molecular complexity index is 447. The molecule has 0 unspecified atom stereocenters. The number of carbonyl (C=O) groups is 1. The zero-order chi connectivity index (χ0) is 12.5. The normalized spacial score (nSPS) is 20.8. The largest absolute Gasteiger partial charge is 0.376 e. The SMILES string of the molecule is CC1CCN(C(=O)c2n[nH]c3c2COCC3)CC1. The molecule has 0 bridgehead atoms. The number of ether oxygens (including phenoxy) is 1. The van der Waals surface area contributed by atoms with Gasteiger partial charge in [0.25, 0.3) is 5.91 Å². The van der Waals surface area contributed by atoms with Crippen LogP contribution in [0.3, 0.4) is 0 Å². The summed E-state index contributed by atoms with van der Waals surface area (Å²) in [5.41, 5.74) is 2.60. The Morgan fingerprint density at radius 1 is 1.44 bits per heavy atom. The molecule has 1 amide bonds. The fourth-order valence-corrected chi connectivity index (χ4v) is 2.65. The van der Waals surface area contributed by atoms with Crippen molar-refractivity contribution in [3.63, 3.8) is 0 Å². The monoisotopic (exact) mass is 249 g/mol. The third-order valence-corrected chi connectivity index (χ3v) is 3.97. The third-order valence-electron chi connectivity index (χ3n) is 3.97. The van der Waals surface area contributed by atoms with E-state index in [1.54, 1.807) is 0 Å². The smallest absolute Gasteiger partial charge is 0.274 e. The molecule has 0 aliphatic carbocycles. The lowest BCUT2D eigenvalue weighted by molar-refractivity contribution is 0.0679. The maximum absolute atomic E-state index is 12.4. The van der Waals surface area contributed by atoms with Crippen molar-refractivity contribution >= 4 is 5.91 Å². The molecular formula is C13H19N3O2. The van der Waals surface area contributed by atoms with Crippen molar-refractivity contribution < 1.29 is 9.53 Å². The summed E-state index contributed by atoms with van der Waals surface area (Å²) in [5.74, 6) is 0.787. The number of H-pyrrole nitrogens is 1. The molecule has 2 aliphatic rings. The highest BCUT2D eigenvalue weighted by molar-refractivity contribution is 5.94. The summed E-state index contributed by atoms with van der Waals surface area (Å²) >= 11 is 0. The Labute approximate surface area is 107 Å². The van der Waals surface area contributed by atoms with Gasteiger partial charge in [-0.15, -0.1) is 0 Å². The third kappa shape index (κ3) is 2.03. The fourth-order valence-electron chi connectivity index (χ4n) is 2.65. The van der Waals surface area contributed by atoms with Crippen LogP contribution in [-0.2, 0) is 17.8 Å². The van der Waals surface area contributed by atoms with Gasteiger partial charge >= 0.3 is 0 Å². The minimum absolute atomic E-state index is 0.0601. The molecule has 0 aromatic carbocycles. The molecule has 0 atom stereocenters. The van der Waals surface area contributed by atoms with Gasteiger partial charge in [0.1, 0.15) is 0 Å². The highest BCUT2D eigenvalue weighted by Crippen LogP contribution is 2.22. The number of likely N-dealkylation sites (tertiary alicyclic amines) is 1. The van der Waals surface area contributed by atoms with Crippen LogP contribution in [0.2, 0.25) is 0 Å². The van der Waals surface area contributed by atoms with Crippen LogP contribution in [0.15, 0.2) is 0 Å². The molecule has 1 saturated heterocycles. The quantitative estimate of drug-likeness (QED) is 0.817. The van der Waals surface area contributed by atoms with Crippen LogP contribution in [0.4, 0.5) is 0 Å². The average Bonchev–Trinajstić information content (AvgIpc) is 2.82. The van der Waals surface area contributed by atoms with E-state index < -0.39 is 0 Å². The average molecular weight is 249 g/mol. The van der Waals surface area contributed by atoms with Crippen molar-refractivity contribution in [2.45, 2.75) is 32.8 Å². The summed E-state index contributed by atoms with van der Waals surface area (Å²) in [4.78, 5) is 14.3. The van der Waals surface area contributed by atoms with Crippen molar-refractivity contribution in [1.82, 2.24) is 15.1 Å². The maximum atomic E-state index is 12.4. The van der Waals surface area contributed by atoms with Crippen molar-refractivity contribution in [2.75, 3.05) is 19.7 Å². The van der Waals surface area contributed by atoms with E-state index in [0.717, 1.165) is 49.5 Å². The molecule has 1 N–H and O–H groups in total. The van der Waals surface area contributed by atoms with Gasteiger partial charge in [-0.3, -0.25) is 9.89 Å². The highest BCUT2D eigenvalue weighted by Gasteiger charge is 2.27. The number of rotatable bonds is 1. The van der Waals surface area contributed by atoms with Gasteiger partial charge in [-0.25, -0.2) is 0 Å². The number of aromatic nitrogens is 2. The number of nitrogens with zero attached hydrogens (tertiary/aromatic N) is 2. The predicted octanol–water partition coefficient (Wildman–Crippen LogP) is 1.35. The zero-order valence-corrected chi connectivity index (χ0v) is 10.7. The molecule has 18 heavy (non-hydrogen) atoms. The molecule has 2 aliphatic heterocycles. The molecule has 0 radical (unpaired) electrons. The van der Waals surface area contributed by atoms with Crippen molar-refractivity contribution in [3.8, 4) is 0 Å². The van der Waals surface area contributed by atoms with E-state index in [-0.39, 0.29) is 5.91 Å². The van der Waals surface area contributed by atoms with Gasteiger partial charge in [0.2, 0.25) is 0 Å². The van der Waals surface area contributed by atoms with E-state index in [2.05, 4.69) is 17.1 Å². The second-order valence-electron chi connectivity index (χ2n) is 5.31. The summed E-state index contributed by atoms with van der Waals surface area (Å²) in [5, 5.41) is 7.17. The number of aromatic amines is 1. The lowest BCUT2D eigenvalue weighted by atomic mass is 9.98. The van der Waals surface area contributed by atoms with Gasteiger partial charge < -0.3 is 9.64 Å². The molecule has 5 nitrogen and oxygen atoms in total. The number of amides is 1. The number of carbonyl (C=O) groups excluding carboxylic acids is 1. The maximum Gasteiger partial charge on any atom is 0.274 e. The molecule has 3 rings (SSSR count). The summed E-state index contributed by atoms with van der Waals surface area (Å²) in [7, 11) is 0. The first-order chi connectivity index (χ1) is 8.75. The van der Waals surface area contributed by atoms with Gasteiger partial charge in [-0.05, 0) is 18.8 Å². The number of fused-ring (bicyclic) bond motifs is 1. The lowest BCUT2D eigenvalue weighted by Gasteiger charge is -2.30. The molecule has 1 aromatic rings. The topological polar surface area (TPSA) is 58.2 Å². The second kappa shape index (κ2) is 4.72. The van der Waals surface area contributed by atoms with E-state index in [1.807, 2.05) is 4.90 Å². The van der Waals surface area contributed by atoms with Gasteiger partial charge in [-0.1, -0.05) is 6.92 Å². The van der Waals surface area contributed by atoms with E-state index in [0.29, 0.717) is 18.9 Å². The number of hydrogen-bond donors (Lipinski definition) is 1. The Balaban J connectivity index is 1.78. The summed E-state index contributed by atoms with van der Waals surface area (Å²) in [6.45, 7) is 5.16. The van der Waals surface area contributed by atoms with Gasteiger partial charge in [0.15, 0.2) is 5.69 Å². The minimum atomic E-state index is 0.0601. The summed E-state index contributed by atoms with van der Waals surface area (Å²) in [6.07, 6.45) is 3.01. The zero-order valence-electron chi connectivity index (χ0n) is 10.7. The molecule has 0 saturated carbocycles. The van der Waals surface area contributed by atoms with E-state index in [9.17, 15) is 4.79 Å². The van der Waals surface area contributed by atoms with Gasteiger partial charge in [-0.2, -0.15) is 5.10 Å². The molecule has 1 aromatic heterocycles. The molecule has 1 fully saturated rings. The Morgan fingerprint density at radius 2 is 2.22 bits per heavy atom. The van der Waals surface area contributed by atoms with Crippen LogP contribution in [0.1, 0.15) is 41.5 Å². The van der Waals surface area contributed by atoms with Crippen LogP contribution in [0, 0.1) is 5.92 Å². The number of piperidine rings is 1. The lowest BCUT2D eigenvalue weighted by Crippen LogP contribution is -2.38. The van der Waals surface area contributed by atoms with E-state index in [4.69, 9.17) is 4.74 Å². The second-order valence-corrected chi connectivity index (χ2v) is 5.31. The molecule has 3 heterocycles. The van der Waals surface area contributed by atoms with Crippen molar-refractivity contribution in [2.24, 2.45) is 5.92 Å². The first-order valence-electron chi connectivity index (χ1n) is 6.69. The fraction of sp³-hybridized carbons (Fsp3) is 0.692. The Hall–Kier alpha value is -1.36. The predicted molar refractivity (Wildman–Crippen MR) is 66.2 cm³/mol. The standard InChI is InChI=1S/C13H19N3O2/c1-9-2-5-16(6-3-9)13(17)12-10-8-18-7-4-11(10)14-15-12/h9H,2-8H2,1H3,(H,14,15). The number of hydrogen-bond acceptors (Lipinski definition) is 3. The van der Waals surface area contributed by atoms with E-state index >= 15 is 0 Å². The van der Waals surface area contributed by atoms with Crippen LogP contribution in [0.25, 0.3) is 0 Å². The first-order valence-corrected chi connectivity index (χ1v) is 6.69. The summed E-state index contributed by atoms with van der Waals surface area (Å²) < 4.78 is 5.42. The number of nitrogens with one attached hydrogen (secondary N) is 1. The Kier molecular flexibility index (Phi) is 3.07. The Morgan fingerprint density at radius 3 is 3.00 bits per heavy atom. The van der Waals surface area contributed by atoms with Crippen LogP contribution in [-0.4, -0.2) is 40.7 Å². The van der Waals surface area contributed by atoms with Gasteiger partial charge in [0.05, 0.1) is 13.2 Å². The molecule has 5 heteroatoms. The van der Waals surface area contributed by atoms with Crippen LogP contribution >= 0.6 is 0 Å². The van der Waals surface area contributed by atoms with Crippen LogP contribution < -0.4 is 0 Å². The van der Waals surface area contributed by atoms with Crippen molar-refractivity contribution in [3.05, 3.63) is 17.0 Å². The van der Waals surface area contributed by atoms with Crippen LogP contribution in [0.5, 0.6) is 0 Å². The molecular weight excluding hydrogens is 230 g/mol. The van der Waals surface area contributed by atoms with Gasteiger partial charge in [0, 0.05) is 30.8 Å². The van der Waals surface area contributed by atoms with E-state index in [1.165, 1.54) is 0 Å². The highest BCUT2D eigenvalue weighted by atomic mass is 16.5. The van der Waals surface area contributed by atoms with Crippen molar-refractivity contribution in [1.29, 1.82) is 0 Å². The summed E-state index contributed by atoms with van der Waals surface area (Å²) in [6, 6.07) is 0. The minimum Gasteiger partial charge on any atom is -0.376 e. The molecule has 0 spiro atoms. The molecule has 98 valence electrons. The first kappa shape index (κ1) is 11.7.